The minimum atomic E-state index is 0.404. The summed E-state index contributed by atoms with van der Waals surface area (Å²) in [6.45, 7) is 0.744. The molecule has 0 heterocycles. The molecule has 96 valence electrons. The predicted octanol–water partition coefficient (Wildman–Crippen LogP) is 2.62. The van der Waals surface area contributed by atoms with Crippen LogP contribution in [-0.2, 0) is 11.2 Å². The van der Waals surface area contributed by atoms with E-state index >= 15 is 0 Å². The van der Waals surface area contributed by atoms with Crippen molar-refractivity contribution in [2.24, 2.45) is 0 Å². The van der Waals surface area contributed by atoms with E-state index in [2.05, 4.69) is 33.4 Å². The first-order chi connectivity index (χ1) is 8.21. The molecule has 1 N–H and O–H groups in total. The van der Waals surface area contributed by atoms with Crippen LogP contribution in [0.2, 0.25) is 0 Å². The summed E-state index contributed by atoms with van der Waals surface area (Å²) >= 11 is 3.50. The van der Waals surface area contributed by atoms with Crippen molar-refractivity contribution < 1.29 is 9.47 Å². The van der Waals surface area contributed by atoms with Crippen LogP contribution in [0.1, 0.15) is 12.0 Å². The maximum atomic E-state index is 5.21. The number of aryl methyl sites for hydroxylation is 1. The van der Waals surface area contributed by atoms with Gasteiger partial charge in [0, 0.05) is 13.2 Å². The first-order valence-corrected chi connectivity index (χ1v) is 6.49. The molecule has 3 nitrogen and oxygen atoms in total. The van der Waals surface area contributed by atoms with Gasteiger partial charge in [-0.1, -0.05) is 6.07 Å². The lowest BCUT2D eigenvalue weighted by molar-refractivity contribution is 0.166. The van der Waals surface area contributed by atoms with Crippen molar-refractivity contribution in [2.45, 2.75) is 18.9 Å². The van der Waals surface area contributed by atoms with Crippen LogP contribution >= 0.6 is 15.9 Å². The van der Waals surface area contributed by atoms with Crippen LogP contribution in [0, 0.1) is 0 Å². The highest BCUT2D eigenvalue weighted by molar-refractivity contribution is 9.10. The van der Waals surface area contributed by atoms with E-state index in [1.807, 2.05) is 13.1 Å². The van der Waals surface area contributed by atoms with Gasteiger partial charge < -0.3 is 14.8 Å². The molecule has 0 aromatic heterocycles. The van der Waals surface area contributed by atoms with Gasteiger partial charge in [-0.2, -0.15) is 0 Å². The quantitative estimate of drug-likeness (QED) is 0.840. The molecule has 0 saturated heterocycles. The summed E-state index contributed by atoms with van der Waals surface area (Å²) in [7, 11) is 5.37. The zero-order valence-corrected chi connectivity index (χ0v) is 12.2. The van der Waals surface area contributed by atoms with Crippen molar-refractivity contribution in [1.29, 1.82) is 0 Å². The van der Waals surface area contributed by atoms with Crippen LogP contribution in [0.4, 0.5) is 0 Å². The molecule has 0 aliphatic carbocycles. The molecule has 1 atom stereocenters. The van der Waals surface area contributed by atoms with Crippen molar-refractivity contribution >= 4 is 15.9 Å². The van der Waals surface area contributed by atoms with Gasteiger partial charge in [0.15, 0.2) is 0 Å². The van der Waals surface area contributed by atoms with Crippen molar-refractivity contribution in [3.05, 3.63) is 28.2 Å². The third-order valence-corrected chi connectivity index (χ3v) is 3.39. The lowest BCUT2D eigenvalue weighted by Gasteiger charge is -2.15. The average molecular weight is 302 g/mol. The van der Waals surface area contributed by atoms with Crippen molar-refractivity contribution in [3.8, 4) is 5.75 Å². The number of nitrogens with one attached hydrogen (secondary N) is 1. The van der Waals surface area contributed by atoms with Crippen molar-refractivity contribution in [2.75, 3.05) is 27.9 Å². The second-order valence-corrected chi connectivity index (χ2v) is 4.80. The standard InChI is InChI=1S/C13H20BrNO2/c1-15-11(9-16-2)6-4-10-5-7-13(17-3)12(14)8-10/h5,7-8,11,15H,4,6,9H2,1-3H3. The fraction of sp³-hybridized carbons (Fsp3) is 0.538. The summed E-state index contributed by atoms with van der Waals surface area (Å²) in [6.07, 6.45) is 2.08. The van der Waals surface area contributed by atoms with Crippen molar-refractivity contribution in [3.63, 3.8) is 0 Å². The summed E-state index contributed by atoms with van der Waals surface area (Å²) in [6, 6.07) is 6.60. The highest BCUT2D eigenvalue weighted by atomic mass is 79.9. The number of hydrogen-bond donors (Lipinski definition) is 1. The first kappa shape index (κ1) is 14.5. The molecule has 0 bridgehead atoms. The zero-order valence-electron chi connectivity index (χ0n) is 10.6. The summed E-state index contributed by atoms with van der Waals surface area (Å²) in [5, 5.41) is 3.25. The Kier molecular flexibility index (Phi) is 6.55. The minimum absolute atomic E-state index is 0.404. The second kappa shape index (κ2) is 7.69. The smallest absolute Gasteiger partial charge is 0.133 e. The van der Waals surface area contributed by atoms with Gasteiger partial charge in [-0.05, 0) is 53.5 Å². The van der Waals surface area contributed by atoms with Crippen LogP contribution < -0.4 is 10.1 Å². The van der Waals surface area contributed by atoms with Crippen molar-refractivity contribution in [1.82, 2.24) is 5.32 Å². The van der Waals surface area contributed by atoms with Crippen LogP contribution in [0.3, 0.4) is 0 Å². The Morgan fingerprint density at radius 2 is 2.12 bits per heavy atom. The summed E-state index contributed by atoms with van der Waals surface area (Å²) in [4.78, 5) is 0. The monoisotopic (exact) mass is 301 g/mol. The fourth-order valence-electron chi connectivity index (χ4n) is 1.72. The maximum Gasteiger partial charge on any atom is 0.133 e. The zero-order chi connectivity index (χ0) is 12.7. The molecule has 0 amide bonds. The Balaban J connectivity index is 2.54. The van der Waals surface area contributed by atoms with Crippen LogP contribution in [0.15, 0.2) is 22.7 Å². The van der Waals surface area contributed by atoms with Crippen LogP contribution in [-0.4, -0.2) is 33.9 Å². The number of benzene rings is 1. The third-order valence-electron chi connectivity index (χ3n) is 2.77. The van der Waals surface area contributed by atoms with Gasteiger partial charge in [-0.25, -0.2) is 0 Å². The Bertz CT molecular complexity index is 344. The predicted molar refractivity (Wildman–Crippen MR) is 73.7 cm³/mol. The van der Waals surface area contributed by atoms with E-state index in [0.717, 1.165) is 29.7 Å². The molecule has 4 heteroatoms. The molecule has 1 aromatic carbocycles. The van der Waals surface area contributed by atoms with Crippen LogP contribution in [0.25, 0.3) is 0 Å². The second-order valence-electron chi connectivity index (χ2n) is 3.95. The molecule has 1 unspecified atom stereocenters. The number of halogens is 1. The SMILES string of the molecule is CNC(CCc1ccc(OC)c(Br)c1)COC. The molecule has 0 saturated carbocycles. The Morgan fingerprint density at radius 3 is 2.65 bits per heavy atom. The van der Waals surface area contributed by atoms with E-state index in [1.54, 1.807) is 14.2 Å². The lowest BCUT2D eigenvalue weighted by Crippen LogP contribution is -2.30. The molecule has 1 aromatic rings. The van der Waals surface area contributed by atoms with E-state index in [4.69, 9.17) is 9.47 Å². The fourth-order valence-corrected chi connectivity index (χ4v) is 2.31. The van der Waals surface area contributed by atoms with Gasteiger partial charge >= 0.3 is 0 Å². The Morgan fingerprint density at radius 1 is 1.35 bits per heavy atom. The largest absolute Gasteiger partial charge is 0.496 e. The van der Waals surface area contributed by atoms with E-state index in [9.17, 15) is 0 Å². The molecule has 17 heavy (non-hydrogen) atoms. The molecule has 0 fully saturated rings. The Labute approximate surface area is 112 Å². The topological polar surface area (TPSA) is 30.5 Å². The summed E-state index contributed by atoms with van der Waals surface area (Å²) < 4.78 is 11.4. The summed E-state index contributed by atoms with van der Waals surface area (Å²) in [5.74, 6) is 0.871. The van der Waals surface area contributed by atoms with E-state index in [1.165, 1.54) is 5.56 Å². The lowest BCUT2D eigenvalue weighted by atomic mass is 10.1. The summed E-state index contributed by atoms with van der Waals surface area (Å²) in [5.41, 5.74) is 1.30. The Hall–Kier alpha value is -0.580. The maximum absolute atomic E-state index is 5.21. The van der Waals surface area contributed by atoms with Gasteiger partial charge in [0.2, 0.25) is 0 Å². The number of rotatable bonds is 7. The molecule has 1 rings (SSSR count). The first-order valence-electron chi connectivity index (χ1n) is 5.70. The molecule has 0 radical (unpaired) electrons. The average Bonchev–Trinajstić information content (AvgIpc) is 2.34. The molecule has 0 spiro atoms. The highest BCUT2D eigenvalue weighted by Gasteiger charge is 2.07. The molecule has 0 aliphatic heterocycles. The molecule has 0 aliphatic rings. The normalized spacial score (nSPS) is 12.5. The minimum Gasteiger partial charge on any atom is -0.496 e. The highest BCUT2D eigenvalue weighted by Crippen LogP contribution is 2.26. The van der Waals surface area contributed by atoms with Gasteiger partial charge in [0.25, 0.3) is 0 Å². The van der Waals surface area contributed by atoms with E-state index in [-0.39, 0.29) is 0 Å². The molecular formula is C13H20BrNO2. The van der Waals surface area contributed by atoms with Gasteiger partial charge in [0.1, 0.15) is 5.75 Å². The van der Waals surface area contributed by atoms with Gasteiger partial charge in [0.05, 0.1) is 18.2 Å². The molecular weight excluding hydrogens is 282 g/mol. The van der Waals surface area contributed by atoms with Gasteiger partial charge in [-0.15, -0.1) is 0 Å². The third kappa shape index (κ3) is 4.66. The number of likely N-dealkylation sites (N-methyl/N-ethyl adjacent to an activating group) is 1. The van der Waals surface area contributed by atoms with E-state index < -0.39 is 0 Å². The number of ether oxygens (including phenoxy) is 2. The van der Waals surface area contributed by atoms with E-state index in [0.29, 0.717) is 6.04 Å². The van der Waals surface area contributed by atoms with Crippen LogP contribution in [0.5, 0.6) is 5.75 Å². The number of methoxy groups -OCH3 is 2. The van der Waals surface area contributed by atoms with Gasteiger partial charge in [-0.3, -0.25) is 0 Å². The number of hydrogen-bond acceptors (Lipinski definition) is 3.